The Labute approximate surface area is 160 Å². The summed E-state index contributed by atoms with van der Waals surface area (Å²) in [6.45, 7) is 0.343. The molecule has 134 valence electrons. The van der Waals surface area contributed by atoms with Crippen molar-refractivity contribution in [1.82, 2.24) is 19.9 Å². The molecule has 0 atom stereocenters. The Balaban J connectivity index is 1.54. The highest BCUT2D eigenvalue weighted by molar-refractivity contribution is 6.32. The summed E-state index contributed by atoms with van der Waals surface area (Å²) in [5, 5.41) is 4.49. The Hall–Kier alpha value is -3.45. The molecule has 0 unspecified atom stereocenters. The molecule has 0 radical (unpaired) electrons. The molecule has 3 N–H and O–H groups in total. The number of aromatic nitrogens is 4. The Kier molecular flexibility index (Phi) is 4.67. The number of hydrogen-bond acceptors (Lipinski definition) is 7. The van der Waals surface area contributed by atoms with Crippen LogP contribution in [0.15, 0.2) is 61.2 Å². The first-order valence-electron chi connectivity index (χ1n) is 8.14. The maximum atomic E-state index is 6.36. The minimum atomic E-state index is 0.343. The number of nitrogen functional groups attached to an aromatic ring is 1. The van der Waals surface area contributed by atoms with Gasteiger partial charge in [0.2, 0.25) is 0 Å². The van der Waals surface area contributed by atoms with Crippen LogP contribution in [0.5, 0.6) is 5.75 Å². The van der Waals surface area contributed by atoms with E-state index in [0.717, 1.165) is 16.8 Å². The Morgan fingerprint density at radius 1 is 1.04 bits per heavy atom. The van der Waals surface area contributed by atoms with Crippen LogP contribution in [0.25, 0.3) is 10.9 Å². The van der Waals surface area contributed by atoms with Crippen LogP contribution in [-0.4, -0.2) is 19.9 Å². The quantitative estimate of drug-likeness (QED) is 0.541. The summed E-state index contributed by atoms with van der Waals surface area (Å²) in [6, 6.07) is 12.8. The van der Waals surface area contributed by atoms with E-state index in [2.05, 4.69) is 25.3 Å². The third kappa shape index (κ3) is 3.88. The molecule has 0 fully saturated rings. The number of rotatable bonds is 5. The maximum Gasteiger partial charge on any atom is 0.141 e. The van der Waals surface area contributed by atoms with E-state index in [9.17, 15) is 0 Å². The summed E-state index contributed by atoms with van der Waals surface area (Å²) in [5.41, 5.74) is 8.06. The zero-order valence-electron chi connectivity index (χ0n) is 14.1. The molecular formula is C19H15ClN6O. The van der Waals surface area contributed by atoms with Crippen molar-refractivity contribution in [1.29, 1.82) is 0 Å². The average Bonchev–Trinajstić information content (AvgIpc) is 2.69. The van der Waals surface area contributed by atoms with Gasteiger partial charge in [0.15, 0.2) is 0 Å². The molecule has 3 aromatic heterocycles. The number of anilines is 3. The molecule has 0 aliphatic heterocycles. The number of benzene rings is 1. The topological polar surface area (TPSA) is 98.8 Å². The molecule has 4 aromatic rings. The fourth-order valence-electron chi connectivity index (χ4n) is 2.54. The third-order valence-electron chi connectivity index (χ3n) is 3.84. The van der Waals surface area contributed by atoms with Crippen LogP contribution in [0.3, 0.4) is 0 Å². The monoisotopic (exact) mass is 378 g/mol. The first-order chi connectivity index (χ1) is 13.2. The van der Waals surface area contributed by atoms with Crippen LogP contribution in [-0.2, 0) is 6.61 Å². The van der Waals surface area contributed by atoms with Gasteiger partial charge in [0.05, 0.1) is 22.4 Å². The van der Waals surface area contributed by atoms with Crippen molar-refractivity contribution in [3.8, 4) is 5.75 Å². The number of pyridine rings is 2. The van der Waals surface area contributed by atoms with E-state index in [1.54, 1.807) is 30.6 Å². The highest BCUT2D eigenvalue weighted by Crippen LogP contribution is 2.31. The molecule has 27 heavy (non-hydrogen) atoms. The van der Waals surface area contributed by atoms with Gasteiger partial charge in [-0.2, -0.15) is 0 Å². The molecule has 1 aromatic carbocycles. The lowest BCUT2D eigenvalue weighted by atomic mass is 10.2. The lowest BCUT2D eigenvalue weighted by Crippen LogP contribution is -2.00. The minimum Gasteiger partial charge on any atom is -0.486 e. The number of nitrogens with one attached hydrogen (secondary N) is 1. The lowest BCUT2D eigenvalue weighted by Gasteiger charge is -2.11. The molecular weight excluding hydrogens is 364 g/mol. The molecule has 0 saturated carbocycles. The Morgan fingerprint density at radius 2 is 1.96 bits per heavy atom. The second-order valence-electron chi connectivity index (χ2n) is 5.73. The number of halogens is 1. The van der Waals surface area contributed by atoms with E-state index in [1.165, 1.54) is 6.33 Å². The largest absolute Gasteiger partial charge is 0.486 e. The fourth-order valence-corrected chi connectivity index (χ4v) is 2.78. The fraction of sp³-hybridized carbons (Fsp3) is 0.0526. The Bertz CT molecular complexity index is 1090. The van der Waals surface area contributed by atoms with Crippen molar-refractivity contribution >= 4 is 39.8 Å². The molecule has 0 aliphatic carbocycles. The first kappa shape index (κ1) is 17.0. The van der Waals surface area contributed by atoms with Gasteiger partial charge in [-0.25, -0.2) is 15.0 Å². The van der Waals surface area contributed by atoms with Crippen molar-refractivity contribution < 1.29 is 4.74 Å². The highest BCUT2D eigenvalue weighted by atomic mass is 35.5. The van der Waals surface area contributed by atoms with Crippen LogP contribution < -0.4 is 15.8 Å². The zero-order valence-corrected chi connectivity index (χ0v) is 14.9. The van der Waals surface area contributed by atoms with Crippen LogP contribution in [0.1, 0.15) is 5.69 Å². The van der Waals surface area contributed by atoms with E-state index in [-0.39, 0.29) is 0 Å². The minimum absolute atomic E-state index is 0.343. The van der Waals surface area contributed by atoms with Gasteiger partial charge >= 0.3 is 0 Å². The highest BCUT2D eigenvalue weighted by Gasteiger charge is 2.08. The molecule has 4 rings (SSSR count). The van der Waals surface area contributed by atoms with Crippen LogP contribution in [0.2, 0.25) is 5.02 Å². The summed E-state index contributed by atoms with van der Waals surface area (Å²) in [5.74, 6) is 1.60. The molecule has 7 nitrogen and oxygen atoms in total. The van der Waals surface area contributed by atoms with E-state index in [4.69, 9.17) is 22.1 Å². The predicted molar refractivity (Wildman–Crippen MR) is 105 cm³/mol. The summed E-state index contributed by atoms with van der Waals surface area (Å²) in [6.07, 6.45) is 4.80. The molecule has 0 spiro atoms. The summed E-state index contributed by atoms with van der Waals surface area (Å²) < 4.78 is 5.74. The van der Waals surface area contributed by atoms with Gasteiger partial charge in [-0.3, -0.25) is 4.98 Å². The van der Waals surface area contributed by atoms with Gasteiger partial charge in [-0.1, -0.05) is 17.7 Å². The third-order valence-corrected chi connectivity index (χ3v) is 4.13. The van der Waals surface area contributed by atoms with E-state index < -0.39 is 0 Å². The van der Waals surface area contributed by atoms with E-state index in [1.807, 2.05) is 24.3 Å². The Morgan fingerprint density at radius 3 is 2.78 bits per heavy atom. The zero-order chi connectivity index (χ0) is 18.6. The van der Waals surface area contributed by atoms with E-state index in [0.29, 0.717) is 34.5 Å². The predicted octanol–water partition coefficient (Wildman–Crippen LogP) is 3.98. The van der Waals surface area contributed by atoms with Crippen molar-refractivity contribution in [2.45, 2.75) is 6.61 Å². The van der Waals surface area contributed by atoms with Crippen molar-refractivity contribution in [3.05, 3.63) is 71.9 Å². The van der Waals surface area contributed by atoms with Gasteiger partial charge < -0.3 is 15.8 Å². The maximum absolute atomic E-state index is 6.36. The van der Waals surface area contributed by atoms with Gasteiger partial charge in [0.1, 0.15) is 30.3 Å². The molecule has 0 bridgehead atoms. The smallest absolute Gasteiger partial charge is 0.141 e. The molecule has 3 heterocycles. The molecule has 0 saturated heterocycles. The average molecular weight is 379 g/mol. The van der Waals surface area contributed by atoms with Crippen molar-refractivity contribution in [2.75, 3.05) is 11.1 Å². The number of nitrogens with zero attached hydrogens (tertiary/aromatic N) is 4. The van der Waals surface area contributed by atoms with Crippen LogP contribution >= 0.6 is 11.6 Å². The second kappa shape index (κ2) is 7.43. The van der Waals surface area contributed by atoms with E-state index >= 15 is 0 Å². The molecule has 8 heteroatoms. The van der Waals surface area contributed by atoms with Crippen LogP contribution in [0.4, 0.5) is 17.3 Å². The van der Waals surface area contributed by atoms with Gasteiger partial charge in [-0.15, -0.1) is 0 Å². The van der Waals surface area contributed by atoms with Crippen molar-refractivity contribution in [3.63, 3.8) is 0 Å². The number of fused-ring (bicyclic) bond motifs is 1. The summed E-state index contributed by atoms with van der Waals surface area (Å²) >= 11 is 6.36. The lowest BCUT2D eigenvalue weighted by molar-refractivity contribution is 0.301. The SMILES string of the molecule is Nc1cc2c(Nc3ccc(OCc4ccccn4)c(Cl)c3)ncnc2cn1. The van der Waals surface area contributed by atoms with Gasteiger partial charge in [0.25, 0.3) is 0 Å². The number of hydrogen-bond donors (Lipinski definition) is 2. The van der Waals surface area contributed by atoms with Crippen LogP contribution in [0, 0.1) is 0 Å². The number of ether oxygens (including phenoxy) is 1. The van der Waals surface area contributed by atoms with Gasteiger partial charge in [0, 0.05) is 17.3 Å². The summed E-state index contributed by atoms with van der Waals surface area (Å²) in [7, 11) is 0. The number of nitrogens with two attached hydrogens (primary N) is 1. The first-order valence-corrected chi connectivity index (χ1v) is 8.52. The normalized spacial score (nSPS) is 10.7. The molecule has 0 amide bonds. The summed E-state index contributed by atoms with van der Waals surface area (Å²) in [4.78, 5) is 16.7. The second-order valence-corrected chi connectivity index (χ2v) is 6.14. The molecule has 0 aliphatic rings. The standard InChI is InChI=1S/C19H15ClN6O/c20-15-7-12(4-5-17(15)27-10-13-3-1-2-6-22-13)26-19-14-8-18(21)23-9-16(14)24-11-25-19/h1-9,11H,10H2,(H2,21,23)(H,24,25,26). The van der Waals surface area contributed by atoms with Crippen molar-refractivity contribution in [2.24, 2.45) is 0 Å². The van der Waals surface area contributed by atoms with Gasteiger partial charge in [-0.05, 0) is 36.4 Å².